The maximum Gasteiger partial charge on any atom is 0.122 e. The summed E-state index contributed by atoms with van der Waals surface area (Å²) in [6.07, 6.45) is 2.10. The summed E-state index contributed by atoms with van der Waals surface area (Å²) in [4.78, 5) is 0. The summed E-state index contributed by atoms with van der Waals surface area (Å²) >= 11 is 0. The predicted molar refractivity (Wildman–Crippen MR) is 129 cm³/mol. The Morgan fingerprint density at radius 2 is 1.03 bits per heavy atom. The van der Waals surface area contributed by atoms with Gasteiger partial charge in [-0.1, -0.05) is 67.0 Å². The van der Waals surface area contributed by atoms with Crippen LogP contribution in [0.5, 0.6) is 11.5 Å². The fourth-order valence-electron chi connectivity index (χ4n) is 5.18. The van der Waals surface area contributed by atoms with E-state index in [9.17, 15) is 10.2 Å². The summed E-state index contributed by atoms with van der Waals surface area (Å²) < 4.78 is 0. The van der Waals surface area contributed by atoms with Gasteiger partial charge in [0.05, 0.1) is 0 Å². The van der Waals surface area contributed by atoms with E-state index < -0.39 is 0 Å². The van der Waals surface area contributed by atoms with E-state index in [4.69, 9.17) is 0 Å². The molecule has 2 nitrogen and oxygen atoms in total. The van der Waals surface area contributed by atoms with Crippen molar-refractivity contribution in [3.05, 3.63) is 56.6 Å². The second-order valence-electron chi connectivity index (χ2n) is 11.1. The number of hydrogen-bond donors (Lipinski definition) is 2. The first kappa shape index (κ1) is 24.3. The summed E-state index contributed by atoms with van der Waals surface area (Å²) in [7, 11) is 0. The van der Waals surface area contributed by atoms with Crippen molar-refractivity contribution in [2.45, 2.75) is 106 Å². The van der Waals surface area contributed by atoms with E-state index in [1.807, 2.05) is 13.8 Å². The Morgan fingerprint density at radius 1 is 0.700 bits per heavy atom. The lowest BCUT2D eigenvalue weighted by Gasteiger charge is -2.32. The maximum absolute atomic E-state index is 10.9. The molecule has 0 aliphatic carbocycles. The van der Waals surface area contributed by atoms with Crippen LogP contribution >= 0.6 is 0 Å². The van der Waals surface area contributed by atoms with Gasteiger partial charge in [-0.25, -0.2) is 0 Å². The molecule has 0 aromatic heterocycles. The van der Waals surface area contributed by atoms with Crippen molar-refractivity contribution < 1.29 is 10.2 Å². The summed E-state index contributed by atoms with van der Waals surface area (Å²) in [5.74, 6) is 1.08. The lowest BCUT2D eigenvalue weighted by Crippen LogP contribution is -2.19. The van der Waals surface area contributed by atoms with E-state index >= 15 is 0 Å². The quantitative estimate of drug-likeness (QED) is 0.538. The molecule has 0 aliphatic rings. The Bertz CT molecular complexity index is 862. The lowest BCUT2D eigenvalue weighted by atomic mass is 9.73. The molecule has 0 atom stereocenters. The Labute approximate surface area is 184 Å². The number of phenolic OH excluding ortho intramolecular Hbond substituents is 2. The van der Waals surface area contributed by atoms with Crippen LogP contribution < -0.4 is 0 Å². The van der Waals surface area contributed by atoms with Crippen molar-refractivity contribution in [1.29, 1.82) is 0 Å². The number of phenols is 2. The van der Waals surface area contributed by atoms with Gasteiger partial charge in [0, 0.05) is 17.0 Å². The number of hydrogen-bond acceptors (Lipinski definition) is 2. The van der Waals surface area contributed by atoms with Gasteiger partial charge in [0.15, 0.2) is 0 Å². The third-order valence-corrected chi connectivity index (χ3v) is 6.41. The summed E-state index contributed by atoms with van der Waals surface area (Å²) in [6.45, 7) is 23.6. The van der Waals surface area contributed by atoms with E-state index in [2.05, 4.69) is 74.4 Å². The molecular weight excluding hydrogens is 368 g/mol. The predicted octanol–water partition coefficient (Wildman–Crippen LogP) is 7.86. The highest BCUT2D eigenvalue weighted by Gasteiger charge is 2.30. The molecule has 0 aliphatic heterocycles. The third-order valence-electron chi connectivity index (χ3n) is 6.41. The molecule has 0 spiro atoms. The standard InChI is InChI=1S/C28H42O2/c1-12-13-20(21-14-16(2)25(29)23(18(21)4)27(6,7)8)22-15-17(3)26(30)24(19(22)5)28(9,10)11/h14-15,20,29-30H,12-13H2,1-11H3. The fraction of sp³-hybridized carbons (Fsp3) is 0.571. The first-order chi connectivity index (χ1) is 13.6. The smallest absolute Gasteiger partial charge is 0.122 e. The first-order valence-electron chi connectivity index (χ1n) is 11.3. The van der Waals surface area contributed by atoms with Gasteiger partial charge in [-0.05, 0) is 78.3 Å². The molecular formula is C28H42O2. The molecule has 0 saturated heterocycles. The third kappa shape index (κ3) is 4.38. The summed E-state index contributed by atoms with van der Waals surface area (Å²) in [5.41, 5.74) is 8.65. The van der Waals surface area contributed by atoms with E-state index in [1.165, 1.54) is 22.3 Å². The van der Waals surface area contributed by atoms with Crippen molar-refractivity contribution in [1.82, 2.24) is 0 Å². The van der Waals surface area contributed by atoms with Crippen molar-refractivity contribution in [2.24, 2.45) is 0 Å². The van der Waals surface area contributed by atoms with Crippen LogP contribution in [0.4, 0.5) is 0 Å². The molecule has 2 aromatic carbocycles. The average Bonchev–Trinajstić information content (AvgIpc) is 2.58. The van der Waals surface area contributed by atoms with Gasteiger partial charge in [0.1, 0.15) is 11.5 Å². The van der Waals surface area contributed by atoms with Crippen molar-refractivity contribution in [3.8, 4) is 11.5 Å². The number of benzene rings is 2. The van der Waals surface area contributed by atoms with Gasteiger partial charge >= 0.3 is 0 Å². The van der Waals surface area contributed by atoms with Crippen LogP contribution in [0.1, 0.15) is 112 Å². The molecule has 2 rings (SSSR count). The van der Waals surface area contributed by atoms with E-state index in [0.29, 0.717) is 11.5 Å². The van der Waals surface area contributed by atoms with Crippen LogP contribution in [0.15, 0.2) is 12.1 Å². The fourth-order valence-corrected chi connectivity index (χ4v) is 5.18. The first-order valence-corrected chi connectivity index (χ1v) is 11.3. The van der Waals surface area contributed by atoms with Crippen LogP contribution in [0.2, 0.25) is 0 Å². The lowest BCUT2D eigenvalue weighted by molar-refractivity contribution is 0.439. The zero-order valence-corrected chi connectivity index (χ0v) is 21.0. The van der Waals surface area contributed by atoms with Gasteiger partial charge in [-0.3, -0.25) is 0 Å². The Balaban J connectivity index is 2.90. The number of aryl methyl sites for hydroxylation is 2. The summed E-state index contributed by atoms with van der Waals surface area (Å²) in [6, 6.07) is 4.36. The molecule has 0 radical (unpaired) electrons. The van der Waals surface area contributed by atoms with Crippen LogP contribution in [-0.2, 0) is 10.8 Å². The topological polar surface area (TPSA) is 40.5 Å². The Hall–Kier alpha value is -1.96. The number of aromatic hydroxyl groups is 2. The van der Waals surface area contributed by atoms with Crippen LogP contribution in [0.3, 0.4) is 0 Å². The molecule has 0 heterocycles. The Morgan fingerprint density at radius 3 is 1.30 bits per heavy atom. The van der Waals surface area contributed by atoms with Crippen LogP contribution in [-0.4, -0.2) is 10.2 Å². The average molecular weight is 411 g/mol. The SMILES string of the molecule is CCCC(c1cc(C)c(O)c(C(C)(C)C)c1C)c1cc(C)c(O)c(C(C)(C)C)c1C. The van der Waals surface area contributed by atoms with E-state index in [1.54, 1.807) is 0 Å². The minimum Gasteiger partial charge on any atom is -0.507 e. The molecule has 0 saturated carbocycles. The van der Waals surface area contributed by atoms with Crippen LogP contribution in [0.25, 0.3) is 0 Å². The molecule has 0 unspecified atom stereocenters. The normalized spacial score (nSPS) is 12.7. The minimum absolute atomic E-state index is 0.137. The highest BCUT2D eigenvalue weighted by Crippen LogP contribution is 2.45. The van der Waals surface area contributed by atoms with E-state index in [0.717, 1.165) is 35.1 Å². The van der Waals surface area contributed by atoms with Crippen molar-refractivity contribution in [3.63, 3.8) is 0 Å². The highest BCUT2D eigenvalue weighted by atomic mass is 16.3. The molecule has 0 bridgehead atoms. The van der Waals surface area contributed by atoms with E-state index in [-0.39, 0.29) is 16.7 Å². The molecule has 0 amide bonds. The second-order valence-corrected chi connectivity index (χ2v) is 11.1. The van der Waals surface area contributed by atoms with Gasteiger partial charge in [0.2, 0.25) is 0 Å². The molecule has 2 heteroatoms. The largest absolute Gasteiger partial charge is 0.507 e. The number of rotatable bonds is 4. The van der Waals surface area contributed by atoms with Gasteiger partial charge in [-0.15, -0.1) is 0 Å². The molecule has 2 N–H and O–H groups in total. The zero-order chi connectivity index (χ0) is 23.2. The highest BCUT2D eigenvalue weighted by molar-refractivity contribution is 5.58. The zero-order valence-electron chi connectivity index (χ0n) is 21.0. The van der Waals surface area contributed by atoms with Crippen LogP contribution in [0, 0.1) is 27.7 Å². The van der Waals surface area contributed by atoms with Crippen molar-refractivity contribution in [2.75, 3.05) is 0 Å². The monoisotopic (exact) mass is 410 g/mol. The second kappa shape index (κ2) is 8.29. The van der Waals surface area contributed by atoms with Crippen molar-refractivity contribution >= 4 is 0 Å². The Kier molecular flexibility index (Phi) is 6.71. The maximum atomic E-state index is 10.9. The summed E-state index contributed by atoms with van der Waals surface area (Å²) in [5, 5.41) is 21.7. The van der Waals surface area contributed by atoms with Gasteiger partial charge < -0.3 is 10.2 Å². The minimum atomic E-state index is -0.137. The molecule has 2 aromatic rings. The van der Waals surface area contributed by atoms with Gasteiger partial charge in [0.25, 0.3) is 0 Å². The molecule has 0 fully saturated rings. The van der Waals surface area contributed by atoms with Gasteiger partial charge in [-0.2, -0.15) is 0 Å². The molecule has 30 heavy (non-hydrogen) atoms. The molecule has 166 valence electrons.